The Morgan fingerprint density at radius 1 is 1.05 bits per heavy atom. The first-order valence-electron chi connectivity index (χ1n) is 5.41. The topological polar surface area (TPSA) is 38.7 Å². The Hall–Kier alpha value is -2.56. The van der Waals surface area contributed by atoms with Crippen molar-refractivity contribution in [1.82, 2.24) is 0 Å². The largest absolute Gasteiger partial charge is 0.365 e. The number of carbonyl (C=O) groups is 1. The van der Waals surface area contributed by atoms with Gasteiger partial charge in [0.25, 0.3) is 0 Å². The van der Waals surface area contributed by atoms with E-state index < -0.39 is 17.6 Å². The highest BCUT2D eigenvalue weighted by atomic mass is 19.2. The van der Waals surface area contributed by atoms with Crippen LogP contribution < -0.4 is 0 Å². The van der Waals surface area contributed by atoms with Crippen molar-refractivity contribution in [3.8, 4) is 0 Å². The van der Waals surface area contributed by atoms with Crippen LogP contribution in [0, 0.1) is 11.6 Å². The molecule has 0 bridgehead atoms. The molecule has 0 heterocycles. The molecule has 96 valence electrons. The van der Waals surface area contributed by atoms with Gasteiger partial charge in [-0.15, -0.1) is 0 Å². The zero-order valence-corrected chi connectivity index (χ0v) is 9.72. The number of halogens is 2. The average Bonchev–Trinajstić information content (AvgIpc) is 2.43. The predicted octanol–water partition coefficient (Wildman–Crippen LogP) is 3.16. The van der Waals surface area contributed by atoms with Gasteiger partial charge in [0.2, 0.25) is 0 Å². The molecule has 0 atom stereocenters. The van der Waals surface area contributed by atoms with Crippen molar-refractivity contribution in [3.63, 3.8) is 0 Å². The van der Waals surface area contributed by atoms with E-state index in [1.54, 1.807) is 30.3 Å². The van der Waals surface area contributed by atoms with Crippen LogP contribution in [0.25, 0.3) is 0 Å². The summed E-state index contributed by atoms with van der Waals surface area (Å²) in [5, 5.41) is 3.43. The van der Waals surface area contributed by atoms with E-state index in [0.29, 0.717) is 11.1 Å². The zero-order valence-electron chi connectivity index (χ0n) is 9.72. The Morgan fingerprint density at radius 3 is 2.47 bits per heavy atom. The maximum absolute atomic E-state index is 12.9. The second-order valence-electron chi connectivity index (χ2n) is 3.65. The zero-order chi connectivity index (χ0) is 13.7. The summed E-state index contributed by atoms with van der Waals surface area (Å²) < 4.78 is 25.6. The van der Waals surface area contributed by atoms with E-state index in [1.165, 1.54) is 6.07 Å². The van der Waals surface area contributed by atoms with Gasteiger partial charge in [-0.1, -0.05) is 29.4 Å². The Kier molecular flexibility index (Phi) is 3.97. The van der Waals surface area contributed by atoms with Crippen molar-refractivity contribution < 1.29 is 18.4 Å². The first kappa shape index (κ1) is 12.9. The third-order valence-electron chi connectivity index (χ3n) is 2.29. The Morgan fingerprint density at radius 2 is 1.79 bits per heavy atom. The molecule has 0 aromatic heterocycles. The molecule has 2 rings (SSSR count). The average molecular weight is 261 g/mol. The number of benzene rings is 2. The third-order valence-corrected chi connectivity index (χ3v) is 2.29. The third kappa shape index (κ3) is 3.45. The van der Waals surface area contributed by atoms with Crippen molar-refractivity contribution in [1.29, 1.82) is 0 Å². The van der Waals surface area contributed by atoms with E-state index in [2.05, 4.69) is 9.99 Å². The Balaban J connectivity index is 2.00. The molecule has 2 aromatic carbocycles. The van der Waals surface area contributed by atoms with E-state index in [-0.39, 0.29) is 0 Å². The number of carbonyl (C=O) groups excluding carboxylic acids is 1. The molecule has 0 radical (unpaired) electrons. The van der Waals surface area contributed by atoms with Crippen molar-refractivity contribution >= 4 is 12.2 Å². The number of oxime groups is 1. The molecule has 0 saturated carbocycles. The van der Waals surface area contributed by atoms with E-state index >= 15 is 0 Å². The van der Waals surface area contributed by atoms with E-state index in [1.807, 2.05) is 0 Å². The fraction of sp³-hybridized carbons (Fsp3) is 0. The van der Waals surface area contributed by atoms with Crippen LogP contribution in [0.2, 0.25) is 0 Å². The summed E-state index contributed by atoms with van der Waals surface area (Å²) in [6.45, 7) is 0. The standard InChI is InChI=1S/C14H9F2NO2/c15-12-7-6-10(8-13(12)16)9-17-19-14(18)11-4-2-1-3-5-11/h1-9H. The molecule has 19 heavy (non-hydrogen) atoms. The van der Waals surface area contributed by atoms with Gasteiger partial charge in [0.05, 0.1) is 11.8 Å². The summed E-state index contributed by atoms with van der Waals surface area (Å²) in [6, 6.07) is 11.5. The molecule has 0 aliphatic heterocycles. The van der Waals surface area contributed by atoms with Crippen LogP contribution in [0.1, 0.15) is 15.9 Å². The lowest BCUT2D eigenvalue weighted by atomic mass is 10.2. The molecule has 0 aliphatic rings. The van der Waals surface area contributed by atoms with Gasteiger partial charge in [0, 0.05) is 0 Å². The fourth-order valence-electron chi connectivity index (χ4n) is 1.35. The minimum absolute atomic E-state index is 0.291. The van der Waals surface area contributed by atoms with Crippen molar-refractivity contribution in [3.05, 3.63) is 71.3 Å². The van der Waals surface area contributed by atoms with E-state index in [9.17, 15) is 13.6 Å². The van der Waals surface area contributed by atoms with Gasteiger partial charge in [-0.2, -0.15) is 0 Å². The molecule has 0 spiro atoms. The molecular weight excluding hydrogens is 252 g/mol. The lowest BCUT2D eigenvalue weighted by molar-refractivity contribution is 0.0519. The Labute approximate surface area is 108 Å². The van der Waals surface area contributed by atoms with E-state index in [0.717, 1.165) is 18.3 Å². The normalized spacial score (nSPS) is 10.6. The highest BCUT2D eigenvalue weighted by Crippen LogP contribution is 2.07. The molecule has 5 heteroatoms. The SMILES string of the molecule is O=C(ON=Cc1ccc(F)c(F)c1)c1ccccc1. The van der Waals surface area contributed by atoms with Crippen LogP contribution in [0.5, 0.6) is 0 Å². The van der Waals surface area contributed by atoms with Gasteiger partial charge in [0.1, 0.15) is 0 Å². The molecule has 0 fully saturated rings. The summed E-state index contributed by atoms with van der Waals surface area (Å²) in [7, 11) is 0. The lowest BCUT2D eigenvalue weighted by Gasteiger charge is -1.97. The number of hydrogen-bond acceptors (Lipinski definition) is 3. The van der Waals surface area contributed by atoms with Gasteiger partial charge in [-0.05, 0) is 29.8 Å². The number of rotatable bonds is 3. The van der Waals surface area contributed by atoms with Crippen LogP contribution >= 0.6 is 0 Å². The maximum atomic E-state index is 12.9. The van der Waals surface area contributed by atoms with Crippen LogP contribution in [-0.4, -0.2) is 12.2 Å². The molecular formula is C14H9F2NO2. The summed E-state index contributed by atoms with van der Waals surface area (Å²) in [4.78, 5) is 16.1. The quantitative estimate of drug-likeness (QED) is 0.483. The molecule has 0 saturated heterocycles. The van der Waals surface area contributed by atoms with Gasteiger partial charge in [0.15, 0.2) is 11.6 Å². The summed E-state index contributed by atoms with van der Waals surface area (Å²) in [5.74, 6) is -2.56. The van der Waals surface area contributed by atoms with Gasteiger partial charge >= 0.3 is 5.97 Å². The molecule has 0 amide bonds. The van der Waals surface area contributed by atoms with Crippen LogP contribution in [-0.2, 0) is 4.84 Å². The molecule has 0 unspecified atom stereocenters. The second kappa shape index (κ2) is 5.86. The highest BCUT2D eigenvalue weighted by Gasteiger charge is 2.05. The first-order valence-corrected chi connectivity index (χ1v) is 5.41. The lowest BCUT2D eigenvalue weighted by Crippen LogP contribution is -2.00. The summed E-state index contributed by atoms with van der Waals surface area (Å²) >= 11 is 0. The van der Waals surface area contributed by atoms with E-state index in [4.69, 9.17) is 0 Å². The van der Waals surface area contributed by atoms with Gasteiger partial charge in [-0.25, -0.2) is 13.6 Å². The minimum atomic E-state index is -0.988. The van der Waals surface area contributed by atoms with Crippen LogP contribution in [0.15, 0.2) is 53.7 Å². The first-order chi connectivity index (χ1) is 9.16. The second-order valence-corrected chi connectivity index (χ2v) is 3.65. The molecule has 0 aliphatic carbocycles. The highest BCUT2D eigenvalue weighted by molar-refractivity contribution is 5.90. The van der Waals surface area contributed by atoms with Crippen molar-refractivity contribution in [2.45, 2.75) is 0 Å². The molecule has 3 nitrogen and oxygen atoms in total. The van der Waals surface area contributed by atoms with Gasteiger partial charge < -0.3 is 4.84 Å². The van der Waals surface area contributed by atoms with Crippen molar-refractivity contribution in [2.75, 3.05) is 0 Å². The summed E-state index contributed by atoms with van der Waals surface area (Å²) in [5.41, 5.74) is 0.643. The fourth-order valence-corrected chi connectivity index (χ4v) is 1.35. The number of nitrogens with zero attached hydrogens (tertiary/aromatic N) is 1. The Bertz CT molecular complexity index is 612. The predicted molar refractivity (Wildman–Crippen MR) is 65.8 cm³/mol. The van der Waals surface area contributed by atoms with Crippen LogP contribution in [0.4, 0.5) is 8.78 Å². The van der Waals surface area contributed by atoms with Crippen molar-refractivity contribution in [2.24, 2.45) is 5.16 Å². The molecule has 2 aromatic rings. The molecule has 0 N–H and O–H groups in total. The monoisotopic (exact) mass is 261 g/mol. The smallest absolute Gasteiger partial charge is 0.313 e. The maximum Gasteiger partial charge on any atom is 0.365 e. The summed E-state index contributed by atoms with van der Waals surface area (Å²) in [6.07, 6.45) is 1.13. The minimum Gasteiger partial charge on any atom is -0.313 e. The number of hydrogen-bond donors (Lipinski definition) is 0. The van der Waals surface area contributed by atoms with Crippen LogP contribution in [0.3, 0.4) is 0 Å². The van der Waals surface area contributed by atoms with Gasteiger partial charge in [-0.3, -0.25) is 0 Å².